The largest absolute Gasteiger partial charge is 0.494 e. The molecule has 123 heavy (non-hydrogen) atoms. The molecule has 4 aromatic heterocycles. The van der Waals surface area contributed by atoms with Crippen molar-refractivity contribution in [2.45, 2.75) is 76.7 Å². The van der Waals surface area contributed by atoms with Crippen molar-refractivity contribution in [2.75, 3.05) is 0 Å². The van der Waals surface area contributed by atoms with Crippen molar-refractivity contribution < 1.29 is 30.4 Å². The second-order valence-corrected chi connectivity index (χ2v) is 34.0. The average molecular weight is 1820 g/mol. The number of imidazole rings is 2. The van der Waals surface area contributed by atoms with Crippen LogP contribution in [0.5, 0.6) is 0 Å². The van der Waals surface area contributed by atoms with E-state index in [9.17, 15) is 0 Å². The molecule has 592 valence electrons. The van der Waals surface area contributed by atoms with Gasteiger partial charge >= 0.3 is 7.12 Å². The van der Waals surface area contributed by atoms with E-state index >= 15 is 0 Å². The smallest absolute Gasteiger partial charge is 0.399 e. The third kappa shape index (κ3) is 13.1. The van der Waals surface area contributed by atoms with Gasteiger partial charge in [0.1, 0.15) is 11.6 Å². The molecule has 1 fully saturated rings. The minimum absolute atomic E-state index is 0. The van der Waals surface area contributed by atoms with Crippen LogP contribution >= 0.6 is 15.9 Å². The van der Waals surface area contributed by atoms with Gasteiger partial charge in [0.15, 0.2) is 0 Å². The van der Waals surface area contributed by atoms with Crippen LogP contribution in [0.2, 0.25) is 0 Å². The van der Waals surface area contributed by atoms with Crippen LogP contribution in [0.1, 0.15) is 86.1 Å². The van der Waals surface area contributed by atoms with Crippen molar-refractivity contribution in [1.82, 2.24) is 29.1 Å². The van der Waals surface area contributed by atoms with E-state index in [2.05, 4.69) is 449 Å². The maximum Gasteiger partial charge on any atom is 0.494 e. The van der Waals surface area contributed by atoms with E-state index in [0.717, 1.165) is 129 Å². The van der Waals surface area contributed by atoms with Gasteiger partial charge in [0.05, 0.1) is 66.5 Å². The molecule has 0 saturated carbocycles. The van der Waals surface area contributed by atoms with E-state index in [1.54, 1.807) is 0 Å². The predicted molar refractivity (Wildman–Crippen MR) is 508 cm³/mol. The second kappa shape index (κ2) is 31.8. The Labute approximate surface area is 740 Å². The van der Waals surface area contributed by atoms with Gasteiger partial charge in [0.2, 0.25) is 0 Å². The normalized spacial score (nSPS) is 14.2. The first-order chi connectivity index (χ1) is 59.8. The summed E-state index contributed by atoms with van der Waals surface area (Å²) in [6.07, 6.45) is 0. The molecular formula is C112H86BBrN6O2W. The molecule has 1 saturated heterocycles. The Morgan fingerprint density at radius 3 is 1.08 bits per heavy atom. The Kier molecular flexibility index (Phi) is 20.3. The number of halogens is 1. The van der Waals surface area contributed by atoms with Gasteiger partial charge in [-0.2, -0.15) is 0 Å². The Bertz CT molecular complexity index is 7350. The van der Waals surface area contributed by atoms with Crippen LogP contribution in [0.4, 0.5) is 0 Å². The Balaban J connectivity index is 0.000000130. The summed E-state index contributed by atoms with van der Waals surface area (Å²) in [5.74, 6) is 2.03. The van der Waals surface area contributed by atoms with Gasteiger partial charge in [-0.1, -0.05) is 325 Å². The summed E-state index contributed by atoms with van der Waals surface area (Å²) in [4.78, 5) is 20.6. The zero-order valence-corrected chi connectivity index (χ0v) is 73.7. The molecule has 20 aromatic rings. The SMILES string of the molecule is CC1(C)OB(c2cccc(-c3nc4ccccc4c4cc5c(cc34)C(c3ccccc3)(c3ccccc3)c3ccccc3-5)c2)OC1(C)C.CCn1c(-c2ccc(-c3cccc(-c4nc5ccccc5c5cc6c(cc45)C(c4ccccc4)(c4ccccc4)c4ccccc4-6)c3)cc2)nc2ccccc21.CCn1c(-c2ccc(Br)cc2)nc2ccccc21.[W]. The summed E-state index contributed by atoms with van der Waals surface area (Å²) >= 11 is 3.46. The van der Waals surface area contributed by atoms with Crippen molar-refractivity contribution in [3.63, 3.8) is 0 Å². The van der Waals surface area contributed by atoms with E-state index < -0.39 is 29.2 Å². The van der Waals surface area contributed by atoms with Crippen molar-refractivity contribution in [3.8, 4) is 78.7 Å². The molecule has 11 heteroatoms. The number of hydrogen-bond donors (Lipinski definition) is 0. The molecule has 5 heterocycles. The minimum atomic E-state index is -0.493. The topological polar surface area (TPSA) is 79.9 Å². The summed E-state index contributed by atoms with van der Waals surface area (Å²) in [5.41, 5.74) is 29.5. The summed E-state index contributed by atoms with van der Waals surface area (Å²) in [6.45, 7) is 14.5. The standard InChI is InChI=1S/C53H37N3.C44H36BNO2.C15H13BrN2.W/c1-2-56-50-27-14-13-26-49(50)55-52(56)36-30-28-35(29-31-36)37-16-15-17-38(32-37)51-45-34-47-44(33-43(45)42-23-10-12-25-48(42)54-51)41-22-9-11-24-46(41)53(47,39-18-5-3-6-19-39)40-20-7-4-8-21-40;1-42(2)43(3,4)48-45(47-42)32-21-15-16-29(26-32)41-37-28-39-36(27-35(37)34-23-12-14-25-40(34)46-41)33-22-11-13-24-38(33)44(39,30-17-7-5-8-18-30)31-19-9-6-10-20-31;1-2-18-14-6-4-3-5-13(14)17-15(18)11-7-9-12(16)10-8-11;/h3-34H,2H2,1H3;5-28H,1-4H3;3-10H,2H2,1H3;. The first-order valence-corrected chi connectivity index (χ1v) is 43.1. The van der Waals surface area contributed by atoms with Crippen LogP contribution in [-0.4, -0.2) is 47.4 Å². The molecule has 0 N–H and O–H groups in total. The summed E-state index contributed by atoms with van der Waals surface area (Å²) < 4.78 is 18.6. The van der Waals surface area contributed by atoms with Crippen molar-refractivity contribution in [2.24, 2.45) is 0 Å². The quantitative estimate of drug-likeness (QED) is 0.0896. The van der Waals surface area contributed by atoms with Crippen molar-refractivity contribution in [1.29, 1.82) is 0 Å². The van der Waals surface area contributed by atoms with Gasteiger partial charge < -0.3 is 18.4 Å². The monoisotopic (exact) mass is 1820 g/mol. The second-order valence-electron chi connectivity index (χ2n) is 33.1. The molecule has 3 aliphatic rings. The van der Waals surface area contributed by atoms with Gasteiger partial charge in [0.25, 0.3) is 0 Å². The molecule has 0 bridgehead atoms. The Hall–Kier alpha value is -13.0. The number of benzene rings is 16. The number of nitrogens with zero attached hydrogens (tertiary/aromatic N) is 6. The number of aromatic nitrogens is 6. The number of para-hydroxylation sites is 6. The zero-order valence-electron chi connectivity index (χ0n) is 69.2. The Morgan fingerprint density at radius 2 is 0.642 bits per heavy atom. The third-order valence-electron chi connectivity index (χ3n) is 25.9. The summed E-state index contributed by atoms with van der Waals surface area (Å²) in [5, 5.41) is 7.00. The van der Waals surface area contributed by atoms with Gasteiger partial charge in [-0.25, -0.2) is 19.9 Å². The number of aryl methyl sites for hydroxylation is 2. The first kappa shape index (κ1) is 78.5. The van der Waals surface area contributed by atoms with Gasteiger partial charge in [-0.05, 0) is 215 Å². The number of fused-ring (bicyclic) bond motifs is 14. The molecule has 2 aliphatic carbocycles. The fraction of sp³-hybridized carbons (Fsp3) is 0.107. The maximum absolute atomic E-state index is 6.48. The molecule has 0 unspecified atom stereocenters. The molecule has 16 aromatic carbocycles. The molecule has 23 rings (SSSR count). The summed E-state index contributed by atoms with van der Waals surface area (Å²) in [6, 6.07) is 140. The van der Waals surface area contributed by atoms with E-state index in [1.165, 1.54) is 83.1 Å². The number of rotatable bonds is 12. The van der Waals surface area contributed by atoms with Crippen LogP contribution in [0.3, 0.4) is 0 Å². The molecule has 0 atom stereocenters. The Morgan fingerprint density at radius 1 is 0.285 bits per heavy atom. The molecular weight excluding hydrogens is 1740 g/mol. The van der Waals surface area contributed by atoms with Crippen molar-refractivity contribution >= 4 is 93.9 Å². The molecule has 0 amide bonds. The fourth-order valence-corrected chi connectivity index (χ4v) is 19.8. The van der Waals surface area contributed by atoms with Gasteiger partial charge in [-0.15, -0.1) is 0 Å². The van der Waals surface area contributed by atoms with Gasteiger partial charge in [-0.3, -0.25) is 0 Å². The maximum atomic E-state index is 6.48. The minimum Gasteiger partial charge on any atom is -0.399 e. The van der Waals surface area contributed by atoms with E-state index in [4.69, 9.17) is 29.2 Å². The molecule has 0 radical (unpaired) electrons. The van der Waals surface area contributed by atoms with Crippen LogP contribution in [0.25, 0.3) is 144 Å². The number of hydrogen-bond acceptors (Lipinski definition) is 6. The fourth-order valence-electron chi connectivity index (χ4n) is 19.5. The predicted octanol–water partition coefficient (Wildman–Crippen LogP) is 27.3. The van der Waals surface area contributed by atoms with Gasteiger partial charge in [0, 0.05) is 82.4 Å². The van der Waals surface area contributed by atoms with Crippen molar-refractivity contribution in [3.05, 3.63) is 437 Å². The van der Waals surface area contributed by atoms with Crippen LogP contribution in [0, 0.1) is 0 Å². The summed E-state index contributed by atoms with van der Waals surface area (Å²) in [7, 11) is -0.454. The van der Waals surface area contributed by atoms with Crippen LogP contribution in [0.15, 0.2) is 393 Å². The van der Waals surface area contributed by atoms with Crippen LogP contribution in [-0.2, 0) is 54.3 Å². The van der Waals surface area contributed by atoms with E-state index in [-0.39, 0.29) is 21.1 Å². The molecule has 8 nitrogen and oxygen atoms in total. The zero-order chi connectivity index (χ0) is 82.4. The van der Waals surface area contributed by atoms with Crippen LogP contribution < -0.4 is 5.46 Å². The number of pyridine rings is 2. The molecule has 1 aliphatic heterocycles. The third-order valence-corrected chi connectivity index (χ3v) is 26.4. The first-order valence-electron chi connectivity index (χ1n) is 42.3. The van der Waals surface area contributed by atoms with E-state index in [0.29, 0.717) is 0 Å². The van der Waals surface area contributed by atoms with E-state index in [1.807, 2.05) is 6.07 Å². The molecule has 0 spiro atoms. The average Bonchev–Trinajstić information content (AvgIpc) is 1.54.